The maximum atomic E-state index is 13.2. The van der Waals surface area contributed by atoms with Gasteiger partial charge in [0.1, 0.15) is 0 Å². The molecular weight excluding hydrogens is 398 g/mol. The van der Waals surface area contributed by atoms with E-state index in [1.807, 2.05) is 56.3 Å². The zero-order valence-corrected chi connectivity index (χ0v) is 18.4. The lowest BCUT2D eigenvalue weighted by molar-refractivity contribution is -0.925. The van der Waals surface area contributed by atoms with Gasteiger partial charge in [-0.1, -0.05) is 42.5 Å². The van der Waals surface area contributed by atoms with Crippen LogP contribution in [0.5, 0.6) is 0 Å². The second-order valence-electron chi connectivity index (χ2n) is 8.46. The van der Waals surface area contributed by atoms with Gasteiger partial charge in [-0.05, 0) is 43.9 Å². The summed E-state index contributed by atoms with van der Waals surface area (Å²) in [6.07, 6.45) is 2.09. The number of carbonyl (C=O) groups is 1. The van der Waals surface area contributed by atoms with Crippen LogP contribution in [0.1, 0.15) is 35.6 Å². The Bertz CT molecular complexity index is 1010. The average molecular weight is 429 g/mol. The molecule has 1 aliphatic carbocycles. The molecule has 1 saturated heterocycles. The first-order chi connectivity index (χ1) is 14.4. The lowest BCUT2D eigenvalue weighted by Gasteiger charge is -2.35. The summed E-state index contributed by atoms with van der Waals surface area (Å²) < 4.78 is 28.0. The summed E-state index contributed by atoms with van der Waals surface area (Å²) in [6.45, 7) is 5.75. The Hall–Kier alpha value is -2.22. The van der Waals surface area contributed by atoms with Crippen molar-refractivity contribution in [3.63, 3.8) is 0 Å². The van der Waals surface area contributed by atoms with E-state index >= 15 is 0 Å². The summed E-state index contributed by atoms with van der Waals surface area (Å²) in [4.78, 5) is 14.5. The quantitative estimate of drug-likeness (QED) is 0.727. The molecule has 1 saturated carbocycles. The molecule has 2 aromatic rings. The molecule has 30 heavy (non-hydrogen) atoms. The van der Waals surface area contributed by atoms with Crippen molar-refractivity contribution in [1.29, 1.82) is 0 Å². The van der Waals surface area contributed by atoms with Crippen LogP contribution < -0.4 is 10.2 Å². The molecular formula is C23H30N3O3S+. The summed E-state index contributed by atoms with van der Waals surface area (Å²) in [7, 11) is -3.54. The molecule has 2 fully saturated rings. The molecule has 0 aromatic heterocycles. The Kier molecular flexibility index (Phi) is 5.95. The fraction of sp³-hybridized carbons (Fsp3) is 0.435. The van der Waals surface area contributed by atoms with Gasteiger partial charge in [-0.2, -0.15) is 4.31 Å². The molecule has 0 unspecified atom stereocenters. The molecule has 0 spiro atoms. The zero-order valence-electron chi connectivity index (χ0n) is 17.6. The average Bonchev–Trinajstić information content (AvgIpc) is 3.55. The first-order valence-corrected chi connectivity index (χ1v) is 12.1. The molecule has 160 valence electrons. The number of aryl methyl sites for hydroxylation is 2. The van der Waals surface area contributed by atoms with Crippen molar-refractivity contribution in [2.24, 2.45) is 0 Å². The zero-order chi connectivity index (χ0) is 21.3. The largest absolute Gasteiger partial charge is 0.348 e. The van der Waals surface area contributed by atoms with Crippen LogP contribution in [0.15, 0.2) is 53.4 Å². The standard InChI is InChI=1S/C23H29N3O3S/c1-17-8-9-18(2)21(16-17)30(28,29)26-14-12-25(13-15-26)22(19-6-4-3-5-7-19)23(27)24-20-10-11-20/h3-9,16,20,22H,10-15H2,1-2H3,(H,24,27)/p+1/t22-/m0/s1. The number of sulfonamides is 1. The maximum Gasteiger partial charge on any atom is 0.283 e. The molecule has 0 radical (unpaired) electrons. The highest BCUT2D eigenvalue weighted by atomic mass is 32.2. The summed E-state index contributed by atoms with van der Waals surface area (Å²) in [5.74, 6) is 0.0459. The van der Waals surface area contributed by atoms with Gasteiger partial charge in [0.25, 0.3) is 5.91 Å². The van der Waals surface area contributed by atoms with Crippen molar-refractivity contribution in [3.05, 3.63) is 65.2 Å². The normalized spacial score (nSPS) is 19.4. The third-order valence-electron chi connectivity index (χ3n) is 6.05. The number of nitrogens with one attached hydrogen (secondary N) is 2. The van der Waals surface area contributed by atoms with E-state index in [0.717, 1.165) is 34.4 Å². The fourth-order valence-corrected chi connectivity index (χ4v) is 5.91. The Labute approximate surface area is 178 Å². The van der Waals surface area contributed by atoms with Crippen LogP contribution in [-0.2, 0) is 14.8 Å². The fourth-order valence-electron chi connectivity index (χ4n) is 4.16. The number of benzene rings is 2. The van der Waals surface area contributed by atoms with Crippen LogP contribution in [0.25, 0.3) is 0 Å². The van der Waals surface area contributed by atoms with Crippen LogP contribution in [0.3, 0.4) is 0 Å². The van der Waals surface area contributed by atoms with Gasteiger partial charge in [0.15, 0.2) is 6.04 Å². The number of rotatable bonds is 6. The molecule has 2 aliphatic rings. The Balaban J connectivity index is 1.51. The highest BCUT2D eigenvalue weighted by Crippen LogP contribution is 2.23. The van der Waals surface area contributed by atoms with Crippen molar-refractivity contribution >= 4 is 15.9 Å². The lowest BCUT2D eigenvalue weighted by Crippen LogP contribution is -3.16. The van der Waals surface area contributed by atoms with Crippen LogP contribution in [0, 0.1) is 13.8 Å². The smallest absolute Gasteiger partial charge is 0.283 e. The third-order valence-corrected chi connectivity index (χ3v) is 8.09. The van der Waals surface area contributed by atoms with E-state index in [0.29, 0.717) is 37.1 Å². The second-order valence-corrected chi connectivity index (χ2v) is 10.4. The van der Waals surface area contributed by atoms with E-state index in [9.17, 15) is 13.2 Å². The van der Waals surface area contributed by atoms with Crippen LogP contribution in [0.2, 0.25) is 0 Å². The van der Waals surface area contributed by atoms with Crippen LogP contribution >= 0.6 is 0 Å². The summed E-state index contributed by atoms with van der Waals surface area (Å²) in [6, 6.07) is 15.4. The van der Waals surface area contributed by atoms with Crippen molar-refractivity contribution in [3.8, 4) is 0 Å². The van der Waals surface area contributed by atoms with E-state index in [-0.39, 0.29) is 11.9 Å². The molecule has 7 heteroatoms. The SMILES string of the molecule is Cc1ccc(C)c(S(=O)(=O)N2CC[NH+]([C@H](C(=O)NC3CC3)c3ccccc3)CC2)c1. The van der Waals surface area contributed by atoms with E-state index in [1.54, 1.807) is 10.4 Å². The number of quaternary nitrogens is 1. The monoisotopic (exact) mass is 428 g/mol. The second kappa shape index (κ2) is 8.49. The highest BCUT2D eigenvalue weighted by Gasteiger charge is 2.39. The predicted octanol–water partition coefficient (Wildman–Crippen LogP) is 1.21. The van der Waals surface area contributed by atoms with Gasteiger partial charge in [-0.25, -0.2) is 8.42 Å². The van der Waals surface area contributed by atoms with E-state index in [1.165, 1.54) is 0 Å². The minimum Gasteiger partial charge on any atom is -0.348 e. The Morgan fingerprint density at radius 2 is 1.73 bits per heavy atom. The van der Waals surface area contributed by atoms with Crippen molar-refractivity contribution in [1.82, 2.24) is 9.62 Å². The molecule has 4 rings (SSSR count). The molecule has 1 aliphatic heterocycles. The number of carbonyl (C=O) groups excluding carboxylic acids is 1. The molecule has 1 atom stereocenters. The van der Waals surface area contributed by atoms with Gasteiger partial charge in [0.2, 0.25) is 10.0 Å². The van der Waals surface area contributed by atoms with Crippen molar-refractivity contribution < 1.29 is 18.1 Å². The number of amides is 1. The number of hydrogen-bond acceptors (Lipinski definition) is 3. The highest BCUT2D eigenvalue weighted by molar-refractivity contribution is 7.89. The molecule has 6 nitrogen and oxygen atoms in total. The van der Waals surface area contributed by atoms with E-state index < -0.39 is 10.0 Å². The number of nitrogens with zero attached hydrogens (tertiary/aromatic N) is 1. The number of hydrogen-bond donors (Lipinski definition) is 2. The molecule has 0 bridgehead atoms. The van der Waals surface area contributed by atoms with Gasteiger partial charge in [-0.15, -0.1) is 0 Å². The van der Waals surface area contributed by atoms with Crippen LogP contribution in [-0.4, -0.2) is 50.9 Å². The summed E-state index contributed by atoms with van der Waals surface area (Å²) in [5.41, 5.74) is 2.68. The predicted molar refractivity (Wildman–Crippen MR) is 116 cm³/mol. The Morgan fingerprint density at radius 1 is 1.07 bits per heavy atom. The summed E-state index contributed by atoms with van der Waals surface area (Å²) in [5, 5.41) is 3.14. The van der Waals surface area contributed by atoms with Crippen molar-refractivity contribution in [2.75, 3.05) is 26.2 Å². The first kappa shape index (κ1) is 21.0. The minimum absolute atomic E-state index is 0.0459. The van der Waals surface area contributed by atoms with Gasteiger partial charge in [-0.3, -0.25) is 4.79 Å². The van der Waals surface area contributed by atoms with Crippen LogP contribution in [0.4, 0.5) is 0 Å². The first-order valence-electron chi connectivity index (χ1n) is 10.6. The number of piperazine rings is 1. The van der Waals surface area contributed by atoms with E-state index in [2.05, 4.69) is 5.32 Å². The van der Waals surface area contributed by atoms with Gasteiger partial charge in [0.05, 0.1) is 31.1 Å². The van der Waals surface area contributed by atoms with Gasteiger partial charge < -0.3 is 10.2 Å². The Morgan fingerprint density at radius 3 is 2.37 bits per heavy atom. The minimum atomic E-state index is -3.54. The molecule has 2 aromatic carbocycles. The lowest BCUT2D eigenvalue weighted by atomic mass is 10.0. The molecule has 2 N–H and O–H groups in total. The maximum absolute atomic E-state index is 13.2. The molecule has 1 amide bonds. The molecule has 1 heterocycles. The van der Waals surface area contributed by atoms with Crippen molar-refractivity contribution in [2.45, 2.75) is 43.7 Å². The van der Waals surface area contributed by atoms with Gasteiger partial charge >= 0.3 is 0 Å². The topological polar surface area (TPSA) is 70.9 Å². The summed E-state index contributed by atoms with van der Waals surface area (Å²) >= 11 is 0. The van der Waals surface area contributed by atoms with E-state index in [4.69, 9.17) is 0 Å². The van der Waals surface area contributed by atoms with Gasteiger partial charge in [0, 0.05) is 11.6 Å². The third kappa shape index (κ3) is 4.43.